The van der Waals surface area contributed by atoms with Gasteiger partial charge in [-0.15, -0.1) is 0 Å². The molecule has 2 fully saturated rings. The number of anilines is 1. The second-order valence-electron chi connectivity index (χ2n) is 8.39. The Labute approximate surface area is 186 Å². The van der Waals surface area contributed by atoms with Crippen molar-refractivity contribution in [2.75, 3.05) is 5.32 Å². The summed E-state index contributed by atoms with van der Waals surface area (Å²) in [6.07, 6.45) is 0.363. The van der Waals surface area contributed by atoms with Gasteiger partial charge in [0.1, 0.15) is 0 Å². The Morgan fingerprint density at radius 2 is 1.88 bits per heavy atom. The molecular formula is C22H20F4N6O. The van der Waals surface area contributed by atoms with Crippen LogP contribution in [0.1, 0.15) is 35.7 Å². The van der Waals surface area contributed by atoms with E-state index in [0.717, 1.165) is 6.42 Å². The second-order valence-corrected chi connectivity index (χ2v) is 8.39. The summed E-state index contributed by atoms with van der Waals surface area (Å²) >= 11 is 0. The van der Waals surface area contributed by atoms with Gasteiger partial charge >= 0.3 is 6.18 Å². The average Bonchev–Trinajstić information content (AvgIpc) is 3.51. The molecule has 1 amide bonds. The van der Waals surface area contributed by atoms with Crippen LogP contribution in [0.3, 0.4) is 0 Å². The van der Waals surface area contributed by atoms with Crippen LogP contribution in [0.25, 0.3) is 5.69 Å². The number of piperidine rings is 1. The molecule has 1 N–H and O–H groups in total. The minimum atomic E-state index is -4.67. The van der Waals surface area contributed by atoms with Crippen molar-refractivity contribution in [3.63, 3.8) is 0 Å². The molecule has 1 aliphatic heterocycles. The lowest BCUT2D eigenvalue weighted by Gasteiger charge is -2.38. The fourth-order valence-electron chi connectivity index (χ4n) is 4.96. The number of fused-ring (bicyclic) bond motifs is 2. The molecule has 0 radical (unpaired) electrons. The van der Waals surface area contributed by atoms with E-state index in [1.165, 1.54) is 17.2 Å². The van der Waals surface area contributed by atoms with Gasteiger partial charge in [0, 0.05) is 18.3 Å². The molecule has 1 aromatic carbocycles. The summed E-state index contributed by atoms with van der Waals surface area (Å²) in [5.74, 6) is -1.34. The lowest BCUT2D eigenvalue weighted by atomic mass is 9.96. The van der Waals surface area contributed by atoms with Gasteiger partial charge in [-0.2, -0.15) is 28.2 Å². The van der Waals surface area contributed by atoms with Crippen LogP contribution in [0.15, 0.2) is 48.9 Å². The van der Waals surface area contributed by atoms with Crippen LogP contribution in [0.2, 0.25) is 0 Å². The quantitative estimate of drug-likeness (QED) is 0.598. The predicted octanol–water partition coefficient (Wildman–Crippen LogP) is 3.92. The minimum Gasteiger partial charge on any atom is -0.363 e. The standard InChI is InChI=1S/C22H20F4N6O/c1-12-13-8-17(30-20-16(23)10-14(11-27-20)22(24,25)26)19(9-13)31(12)21(33)15-4-2-3-5-18(15)32-28-6-7-29-32/h2-7,10-13,17,19H,8-9H2,1H3,(H,27,30)/t12?,13?,17-,19?/m0/s1. The number of rotatable bonds is 4. The smallest absolute Gasteiger partial charge is 0.363 e. The van der Waals surface area contributed by atoms with Crippen LogP contribution in [0, 0.1) is 11.7 Å². The first-order valence-electron chi connectivity index (χ1n) is 10.5. The first kappa shape index (κ1) is 21.4. The second kappa shape index (κ2) is 7.82. The molecule has 1 saturated carbocycles. The molecule has 11 heteroatoms. The highest BCUT2D eigenvalue weighted by Gasteiger charge is 2.52. The Bertz CT molecular complexity index is 1180. The summed E-state index contributed by atoms with van der Waals surface area (Å²) in [6, 6.07) is 6.83. The van der Waals surface area contributed by atoms with Crippen LogP contribution < -0.4 is 5.32 Å². The van der Waals surface area contributed by atoms with Crippen molar-refractivity contribution in [1.82, 2.24) is 24.9 Å². The van der Waals surface area contributed by atoms with E-state index < -0.39 is 17.6 Å². The topological polar surface area (TPSA) is 75.9 Å². The van der Waals surface area contributed by atoms with Crippen LogP contribution >= 0.6 is 0 Å². The molecule has 5 rings (SSSR count). The summed E-state index contributed by atoms with van der Waals surface area (Å²) in [7, 11) is 0. The maximum Gasteiger partial charge on any atom is 0.417 e. The van der Waals surface area contributed by atoms with Gasteiger partial charge in [0.25, 0.3) is 5.91 Å². The number of nitrogens with one attached hydrogen (secondary N) is 1. The van der Waals surface area contributed by atoms with Crippen LogP contribution in [0.5, 0.6) is 0 Å². The molecule has 3 aromatic rings. The van der Waals surface area contributed by atoms with Gasteiger partial charge in [-0.1, -0.05) is 12.1 Å². The van der Waals surface area contributed by atoms with Crippen LogP contribution in [-0.2, 0) is 6.18 Å². The third-order valence-electron chi connectivity index (χ3n) is 6.54. The number of carbonyl (C=O) groups is 1. The maximum atomic E-state index is 14.4. The molecule has 1 aliphatic carbocycles. The number of carbonyl (C=O) groups excluding carboxylic acids is 1. The van der Waals surface area contributed by atoms with Gasteiger partial charge in [0.05, 0.1) is 35.2 Å². The van der Waals surface area contributed by atoms with E-state index in [4.69, 9.17) is 0 Å². The SMILES string of the molecule is CC1C2CC([C@@H](Nc3ncc(C(F)(F)F)cc3F)C2)N1C(=O)c1ccccc1-n1nccn1. The van der Waals surface area contributed by atoms with Crippen molar-refractivity contribution in [3.05, 3.63) is 65.9 Å². The van der Waals surface area contributed by atoms with Crippen molar-refractivity contribution >= 4 is 11.7 Å². The first-order valence-corrected chi connectivity index (χ1v) is 10.5. The molecule has 1 saturated heterocycles. The number of benzene rings is 1. The number of hydrogen-bond acceptors (Lipinski definition) is 5. The number of hydrogen-bond donors (Lipinski definition) is 1. The minimum absolute atomic E-state index is 0.0374. The monoisotopic (exact) mass is 460 g/mol. The fourth-order valence-corrected chi connectivity index (χ4v) is 4.96. The van der Waals surface area contributed by atoms with Crippen molar-refractivity contribution in [2.45, 2.75) is 44.1 Å². The zero-order valence-corrected chi connectivity index (χ0v) is 17.5. The number of nitrogens with zero attached hydrogens (tertiary/aromatic N) is 5. The van der Waals surface area contributed by atoms with Crippen molar-refractivity contribution in [1.29, 1.82) is 0 Å². The molecule has 4 atom stereocenters. The van der Waals surface area contributed by atoms with E-state index in [-0.39, 0.29) is 35.8 Å². The Balaban J connectivity index is 1.40. The number of para-hydroxylation sites is 1. The number of halogens is 4. The largest absolute Gasteiger partial charge is 0.417 e. The summed E-state index contributed by atoms with van der Waals surface area (Å²) in [6.45, 7) is 1.98. The average molecular weight is 460 g/mol. The number of amides is 1. The molecule has 2 bridgehead atoms. The number of aromatic nitrogens is 4. The molecule has 3 heterocycles. The van der Waals surface area contributed by atoms with Crippen molar-refractivity contribution < 1.29 is 22.4 Å². The van der Waals surface area contributed by atoms with E-state index in [2.05, 4.69) is 20.5 Å². The Morgan fingerprint density at radius 3 is 2.55 bits per heavy atom. The third kappa shape index (κ3) is 3.70. The van der Waals surface area contributed by atoms with Gasteiger partial charge in [-0.05, 0) is 43.9 Å². The summed E-state index contributed by atoms with van der Waals surface area (Å²) in [4.78, 5) is 20.4. The lowest BCUT2D eigenvalue weighted by Crippen LogP contribution is -2.51. The number of pyridine rings is 1. The predicted molar refractivity (Wildman–Crippen MR) is 110 cm³/mol. The van der Waals surface area contributed by atoms with Gasteiger partial charge < -0.3 is 10.2 Å². The van der Waals surface area contributed by atoms with E-state index in [1.54, 1.807) is 29.2 Å². The highest BCUT2D eigenvalue weighted by molar-refractivity contribution is 5.98. The lowest BCUT2D eigenvalue weighted by molar-refractivity contribution is -0.138. The van der Waals surface area contributed by atoms with Crippen LogP contribution in [0.4, 0.5) is 23.4 Å². The van der Waals surface area contributed by atoms with E-state index in [9.17, 15) is 22.4 Å². The Kier molecular flexibility index (Phi) is 5.06. The maximum absolute atomic E-state index is 14.4. The normalized spacial score (nSPS) is 24.3. The molecule has 2 aliphatic rings. The first-order chi connectivity index (χ1) is 15.7. The zero-order chi connectivity index (χ0) is 23.3. The van der Waals surface area contributed by atoms with Gasteiger partial charge in [0.2, 0.25) is 0 Å². The van der Waals surface area contributed by atoms with Gasteiger partial charge in [-0.3, -0.25) is 4.79 Å². The summed E-state index contributed by atoms with van der Waals surface area (Å²) in [5.41, 5.74) is -0.166. The molecule has 2 aromatic heterocycles. The molecule has 172 valence electrons. The van der Waals surface area contributed by atoms with E-state index in [1.807, 2.05) is 6.92 Å². The van der Waals surface area contributed by atoms with E-state index >= 15 is 0 Å². The zero-order valence-electron chi connectivity index (χ0n) is 17.5. The number of alkyl halides is 3. The van der Waals surface area contributed by atoms with E-state index in [0.29, 0.717) is 29.9 Å². The Hall–Kier alpha value is -3.50. The molecule has 3 unspecified atom stereocenters. The summed E-state index contributed by atoms with van der Waals surface area (Å²) < 4.78 is 52.8. The highest BCUT2D eigenvalue weighted by atomic mass is 19.4. The Morgan fingerprint density at radius 1 is 1.15 bits per heavy atom. The highest BCUT2D eigenvalue weighted by Crippen LogP contribution is 2.44. The third-order valence-corrected chi connectivity index (χ3v) is 6.54. The number of likely N-dealkylation sites (tertiary alicyclic amines) is 1. The molecule has 0 spiro atoms. The van der Waals surface area contributed by atoms with Crippen LogP contribution in [-0.4, -0.2) is 48.9 Å². The van der Waals surface area contributed by atoms with Gasteiger partial charge in [0.15, 0.2) is 11.6 Å². The fraction of sp³-hybridized carbons (Fsp3) is 0.364. The molecule has 7 nitrogen and oxygen atoms in total. The molecular weight excluding hydrogens is 440 g/mol. The van der Waals surface area contributed by atoms with Crippen molar-refractivity contribution in [2.24, 2.45) is 5.92 Å². The van der Waals surface area contributed by atoms with Gasteiger partial charge in [-0.25, -0.2) is 9.37 Å². The van der Waals surface area contributed by atoms with Crippen molar-refractivity contribution in [3.8, 4) is 5.69 Å². The summed E-state index contributed by atoms with van der Waals surface area (Å²) in [5, 5.41) is 11.2. The molecule has 33 heavy (non-hydrogen) atoms.